The van der Waals surface area contributed by atoms with Crippen LogP contribution in [0.3, 0.4) is 0 Å². The van der Waals surface area contributed by atoms with E-state index in [2.05, 4.69) is 48.5 Å². The molecule has 2 aromatic rings. The van der Waals surface area contributed by atoms with Crippen LogP contribution < -0.4 is 0 Å². The Balaban J connectivity index is 1.98. The van der Waals surface area contributed by atoms with Gasteiger partial charge in [-0.1, -0.05) is 51.7 Å². The van der Waals surface area contributed by atoms with Gasteiger partial charge < -0.3 is 4.57 Å². The Morgan fingerprint density at radius 1 is 1.14 bits per heavy atom. The molecule has 0 unspecified atom stereocenters. The summed E-state index contributed by atoms with van der Waals surface area (Å²) >= 11 is 6.07. The first-order valence-electron chi connectivity index (χ1n) is 8.14. The van der Waals surface area contributed by atoms with Crippen molar-refractivity contribution in [2.24, 2.45) is 5.92 Å². The van der Waals surface area contributed by atoms with Crippen LogP contribution >= 0.6 is 11.6 Å². The molecule has 1 aromatic carbocycles. The first-order valence-corrected chi connectivity index (χ1v) is 8.67. The van der Waals surface area contributed by atoms with E-state index in [4.69, 9.17) is 11.6 Å². The minimum absolute atomic E-state index is 0.488. The lowest BCUT2D eigenvalue weighted by Gasteiger charge is -2.09. The van der Waals surface area contributed by atoms with Crippen molar-refractivity contribution in [3.8, 4) is 0 Å². The van der Waals surface area contributed by atoms with Gasteiger partial charge in [-0.2, -0.15) is 0 Å². The van der Waals surface area contributed by atoms with E-state index in [0.717, 1.165) is 23.8 Å². The highest BCUT2D eigenvalue weighted by molar-refractivity contribution is 6.16. The molecule has 1 heterocycles. The van der Waals surface area contributed by atoms with Gasteiger partial charge in [-0.15, -0.1) is 11.6 Å². The molecule has 1 aromatic heterocycles. The molecule has 0 radical (unpaired) electrons. The largest absolute Gasteiger partial charge is 0.327 e. The zero-order chi connectivity index (χ0) is 15.2. The highest BCUT2D eigenvalue weighted by Gasteiger charge is 2.11. The molecule has 0 amide bonds. The molecule has 2 rings (SSSR count). The molecule has 116 valence electrons. The number of benzene rings is 1. The van der Waals surface area contributed by atoms with Crippen molar-refractivity contribution < 1.29 is 0 Å². The maximum absolute atomic E-state index is 6.07. The van der Waals surface area contributed by atoms with Crippen LogP contribution in [0.5, 0.6) is 0 Å². The number of hydrogen-bond donors (Lipinski definition) is 0. The fourth-order valence-corrected chi connectivity index (χ4v) is 3.14. The van der Waals surface area contributed by atoms with Crippen LogP contribution in [-0.4, -0.2) is 9.55 Å². The Labute approximate surface area is 133 Å². The van der Waals surface area contributed by atoms with E-state index in [1.54, 1.807) is 0 Å². The van der Waals surface area contributed by atoms with Gasteiger partial charge in [0.1, 0.15) is 5.82 Å². The van der Waals surface area contributed by atoms with Gasteiger partial charge in [0, 0.05) is 6.54 Å². The number of aromatic nitrogens is 2. The molecule has 0 bridgehead atoms. The van der Waals surface area contributed by atoms with Crippen LogP contribution in [0.2, 0.25) is 0 Å². The number of halogens is 1. The SMILES string of the molecule is Cc1cccc2nc(CCl)n(CCCCCCC(C)C)c12. The van der Waals surface area contributed by atoms with Gasteiger partial charge in [-0.3, -0.25) is 0 Å². The van der Waals surface area contributed by atoms with Crippen molar-refractivity contribution in [2.75, 3.05) is 0 Å². The minimum atomic E-state index is 0.488. The van der Waals surface area contributed by atoms with E-state index in [0.29, 0.717) is 5.88 Å². The lowest BCUT2D eigenvalue weighted by molar-refractivity contribution is 0.505. The quantitative estimate of drug-likeness (QED) is 0.452. The third kappa shape index (κ3) is 4.23. The summed E-state index contributed by atoms with van der Waals surface area (Å²) in [5.41, 5.74) is 3.62. The van der Waals surface area contributed by atoms with Crippen molar-refractivity contribution in [2.45, 2.75) is 65.3 Å². The van der Waals surface area contributed by atoms with Crippen molar-refractivity contribution in [3.05, 3.63) is 29.6 Å². The molecular formula is C18H27ClN2. The summed E-state index contributed by atoms with van der Waals surface area (Å²) < 4.78 is 2.32. The van der Waals surface area contributed by atoms with Crippen molar-refractivity contribution in [1.29, 1.82) is 0 Å². The number of hydrogen-bond acceptors (Lipinski definition) is 1. The molecule has 0 saturated heterocycles. The highest BCUT2D eigenvalue weighted by atomic mass is 35.5. The zero-order valence-corrected chi connectivity index (χ0v) is 14.3. The maximum Gasteiger partial charge on any atom is 0.124 e. The van der Waals surface area contributed by atoms with Crippen LogP contribution in [0, 0.1) is 12.8 Å². The Kier molecular flexibility index (Phi) is 6.10. The first-order chi connectivity index (χ1) is 10.1. The molecule has 0 spiro atoms. The molecule has 0 aliphatic rings. The Bertz CT molecular complexity index is 572. The zero-order valence-electron chi connectivity index (χ0n) is 13.5. The summed E-state index contributed by atoms with van der Waals surface area (Å²) in [6.45, 7) is 7.78. The predicted octanol–water partition coefficient (Wildman–Crippen LogP) is 5.69. The number of aryl methyl sites for hydroxylation is 2. The van der Waals surface area contributed by atoms with Crippen LogP contribution in [0.25, 0.3) is 11.0 Å². The topological polar surface area (TPSA) is 17.8 Å². The van der Waals surface area contributed by atoms with E-state index < -0.39 is 0 Å². The molecular weight excluding hydrogens is 280 g/mol. The number of nitrogens with zero attached hydrogens (tertiary/aromatic N) is 2. The van der Waals surface area contributed by atoms with Gasteiger partial charge >= 0.3 is 0 Å². The summed E-state index contributed by atoms with van der Waals surface area (Å²) in [4.78, 5) is 4.66. The third-order valence-corrected chi connectivity index (χ3v) is 4.32. The molecule has 0 atom stereocenters. The van der Waals surface area contributed by atoms with Crippen LogP contribution in [0.1, 0.15) is 57.3 Å². The second-order valence-electron chi connectivity index (χ2n) is 6.35. The summed E-state index contributed by atoms with van der Waals surface area (Å²) in [5.74, 6) is 2.32. The number of alkyl halides is 1. The van der Waals surface area contributed by atoms with Gasteiger partial charge in [-0.05, 0) is 30.9 Å². The lowest BCUT2D eigenvalue weighted by Crippen LogP contribution is -2.03. The van der Waals surface area contributed by atoms with E-state index >= 15 is 0 Å². The first kappa shape index (κ1) is 16.4. The minimum Gasteiger partial charge on any atom is -0.327 e. The van der Waals surface area contributed by atoms with Crippen molar-refractivity contribution in [1.82, 2.24) is 9.55 Å². The van der Waals surface area contributed by atoms with Gasteiger partial charge in [0.25, 0.3) is 0 Å². The second kappa shape index (κ2) is 7.84. The Hall–Kier alpha value is -1.02. The molecule has 2 nitrogen and oxygen atoms in total. The Morgan fingerprint density at radius 3 is 2.62 bits per heavy atom. The fourth-order valence-electron chi connectivity index (χ4n) is 2.93. The van der Waals surface area contributed by atoms with Gasteiger partial charge in [-0.25, -0.2) is 4.98 Å². The average molecular weight is 307 g/mol. The summed E-state index contributed by atoms with van der Waals surface area (Å²) in [5, 5.41) is 0. The lowest BCUT2D eigenvalue weighted by atomic mass is 10.0. The molecule has 0 saturated carbocycles. The molecule has 0 fully saturated rings. The van der Waals surface area contributed by atoms with Crippen LogP contribution in [-0.2, 0) is 12.4 Å². The van der Waals surface area contributed by atoms with Crippen molar-refractivity contribution in [3.63, 3.8) is 0 Å². The van der Waals surface area contributed by atoms with Crippen molar-refractivity contribution >= 4 is 22.6 Å². The number of rotatable bonds is 8. The number of imidazole rings is 1. The number of fused-ring (bicyclic) bond motifs is 1. The summed E-state index contributed by atoms with van der Waals surface area (Å²) in [6.07, 6.45) is 6.53. The molecule has 0 N–H and O–H groups in total. The van der Waals surface area contributed by atoms with Gasteiger partial charge in [0.2, 0.25) is 0 Å². The third-order valence-electron chi connectivity index (χ3n) is 4.08. The maximum atomic E-state index is 6.07. The number of unbranched alkanes of at least 4 members (excludes halogenated alkanes) is 3. The van der Waals surface area contributed by atoms with E-state index in [-0.39, 0.29) is 0 Å². The predicted molar refractivity (Wildman–Crippen MR) is 92.0 cm³/mol. The Morgan fingerprint density at radius 2 is 1.90 bits per heavy atom. The highest BCUT2D eigenvalue weighted by Crippen LogP contribution is 2.22. The van der Waals surface area contributed by atoms with Crippen LogP contribution in [0.4, 0.5) is 0 Å². The van der Waals surface area contributed by atoms with Crippen LogP contribution in [0.15, 0.2) is 18.2 Å². The molecule has 0 aliphatic carbocycles. The van der Waals surface area contributed by atoms with E-state index in [9.17, 15) is 0 Å². The molecule has 3 heteroatoms. The van der Waals surface area contributed by atoms with Gasteiger partial charge in [0.05, 0.1) is 16.9 Å². The monoisotopic (exact) mass is 306 g/mol. The number of para-hydroxylation sites is 1. The normalized spacial score (nSPS) is 11.7. The van der Waals surface area contributed by atoms with Gasteiger partial charge in [0.15, 0.2) is 0 Å². The second-order valence-corrected chi connectivity index (χ2v) is 6.62. The molecule has 21 heavy (non-hydrogen) atoms. The molecule has 0 aliphatic heterocycles. The van der Waals surface area contributed by atoms with E-state index in [1.807, 2.05) is 0 Å². The summed E-state index contributed by atoms with van der Waals surface area (Å²) in [7, 11) is 0. The standard InChI is InChI=1S/C18H27ClN2/c1-14(2)9-6-4-5-7-12-21-17(13-19)20-16-11-8-10-15(3)18(16)21/h8,10-11,14H,4-7,9,12-13H2,1-3H3. The summed E-state index contributed by atoms with van der Waals surface area (Å²) in [6, 6.07) is 6.30. The fraction of sp³-hybridized carbons (Fsp3) is 0.611. The van der Waals surface area contributed by atoms with E-state index in [1.165, 1.54) is 43.2 Å². The smallest absolute Gasteiger partial charge is 0.124 e. The average Bonchev–Trinajstić information content (AvgIpc) is 2.81.